The van der Waals surface area contributed by atoms with Gasteiger partial charge in [-0.2, -0.15) is 0 Å². The van der Waals surface area contributed by atoms with E-state index in [9.17, 15) is 9.59 Å². The van der Waals surface area contributed by atoms with Crippen LogP contribution in [-0.2, 0) is 25.5 Å². The van der Waals surface area contributed by atoms with Crippen molar-refractivity contribution in [2.45, 2.75) is 19.4 Å². The second-order valence-corrected chi connectivity index (χ2v) is 5.95. The van der Waals surface area contributed by atoms with Crippen LogP contribution in [0, 0.1) is 5.92 Å². The molecule has 6 heteroatoms. The Hall–Kier alpha value is -2.08. The third-order valence-electron chi connectivity index (χ3n) is 4.14. The van der Waals surface area contributed by atoms with Crippen molar-refractivity contribution in [2.24, 2.45) is 5.92 Å². The van der Waals surface area contributed by atoms with E-state index in [0.717, 1.165) is 11.3 Å². The van der Waals surface area contributed by atoms with Crippen LogP contribution in [0.5, 0.6) is 5.75 Å². The van der Waals surface area contributed by atoms with Crippen molar-refractivity contribution in [2.75, 3.05) is 32.9 Å². The van der Waals surface area contributed by atoms with Gasteiger partial charge in [0.25, 0.3) is 5.91 Å². The largest absolute Gasteiger partial charge is 0.492 e. The standard InChI is InChI=1S/C17H21NO5/c1-12-9-18(6-7-21-12)16(19)11-23-17(20)14-8-13-4-2-3-5-15(13)22-10-14/h2-5,12,14H,6-11H2,1H3. The van der Waals surface area contributed by atoms with E-state index in [4.69, 9.17) is 14.2 Å². The summed E-state index contributed by atoms with van der Waals surface area (Å²) >= 11 is 0. The summed E-state index contributed by atoms with van der Waals surface area (Å²) in [5, 5.41) is 0. The number of esters is 1. The highest BCUT2D eigenvalue weighted by Crippen LogP contribution is 2.27. The predicted octanol–water partition coefficient (Wildman–Crippen LogP) is 1.03. The van der Waals surface area contributed by atoms with Crippen LogP contribution in [0.2, 0.25) is 0 Å². The first kappa shape index (κ1) is 15.8. The molecule has 3 rings (SSSR count). The molecule has 0 aromatic heterocycles. The van der Waals surface area contributed by atoms with E-state index >= 15 is 0 Å². The number of ether oxygens (including phenoxy) is 3. The van der Waals surface area contributed by atoms with Gasteiger partial charge in [-0.25, -0.2) is 0 Å². The van der Waals surface area contributed by atoms with E-state index in [0.29, 0.717) is 32.7 Å². The number of amides is 1. The number of carbonyl (C=O) groups is 2. The molecule has 1 amide bonds. The molecule has 6 nitrogen and oxygen atoms in total. The molecule has 1 saturated heterocycles. The number of fused-ring (bicyclic) bond motifs is 1. The molecule has 0 aliphatic carbocycles. The van der Waals surface area contributed by atoms with Crippen LogP contribution in [0.3, 0.4) is 0 Å². The maximum absolute atomic E-state index is 12.2. The zero-order valence-corrected chi connectivity index (χ0v) is 13.2. The summed E-state index contributed by atoms with van der Waals surface area (Å²) < 4.78 is 16.2. The number of hydrogen-bond acceptors (Lipinski definition) is 5. The molecular weight excluding hydrogens is 298 g/mol. The number of hydrogen-bond donors (Lipinski definition) is 0. The van der Waals surface area contributed by atoms with E-state index in [1.807, 2.05) is 31.2 Å². The maximum Gasteiger partial charge on any atom is 0.313 e. The molecule has 2 atom stereocenters. The molecule has 2 heterocycles. The monoisotopic (exact) mass is 319 g/mol. The molecule has 0 radical (unpaired) electrons. The van der Waals surface area contributed by atoms with Crippen molar-refractivity contribution in [1.29, 1.82) is 0 Å². The lowest BCUT2D eigenvalue weighted by atomic mass is 9.97. The molecule has 2 aliphatic heterocycles. The van der Waals surface area contributed by atoms with E-state index in [1.54, 1.807) is 4.90 Å². The fourth-order valence-electron chi connectivity index (χ4n) is 2.87. The van der Waals surface area contributed by atoms with Crippen molar-refractivity contribution >= 4 is 11.9 Å². The van der Waals surface area contributed by atoms with Gasteiger partial charge in [-0.15, -0.1) is 0 Å². The van der Waals surface area contributed by atoms with Gasteiger partial charge >= 0.3 is 5.97 Å². The van der Waals surface area contributed by atoms with Crippen LogP contribution in [-0.4, -0.2) is 55.8 Å². The number of para-hydroxylation sites is 1. The molecule has 0 saturated carbocycles. The average molecular weight is 319 g/mol. The fraction of sp³-hybridized carbons (Fsp3) is 0.529. The van der Waals surface area contributed by atoms with Crippen molar-refractivity contribution in [1.82, 2.24) is 4.90 Å². The second-order valence-electron chi connectivity index (χ2n) is 5.95. The fourth-order valence-corrected chi connectivity index (χ4v) is 2.87. The van der Waals surface area contributed by atoms with E-state index in [-0.39, 0.29) is 30.5 Å². The van der Waals surface area contributed by atoms with E-state index < -0.39 is 0 Å². The van der Waals surface area contributed by atoms with Crippen LogP contribution in [0.15, 0.2) is 24.3 Å². The van der Waals surface area contributed by atoms with Crippen LogP contribution >= 0.6 is 0 Å². The predicted molar refractivity (Wildman–Crippen MR) is 82.1 cm³/mol. The summed E-state index contributed by atoms with van der Waals surface area (Å²) in [6, 6.07) is 7.65. The highest BCUT2D eigenvalue weighted by Gasteiger charge is 2.28. The molecule has 0 N–H and O–H groups in total. The third-order valence-corrected chi connectivity index (χ3v) is 4.14. The summed E-state index contributed by atoms with van der Waals surface area (Å²) in [7, 11) is 0. The summed E-state index contributed by atoms with van der Waals surface area (Å²) in [5.41, 5.74) is 0.994. The summed E-state index contributed by atoms with van der Waals surface area (Å²) in [4.78, 5) is 25.9. The first-order valence-electron chi connectivity index (χ1n) is 7.90. The van der Waals surface area contributed by atoms with Crippen molar-refractivity contribution in [3.05, 3.63) is 29.8 Å². The Morgan fingerprint density at radius 3 is 3.00 bits per heavy atom. The highest BCUT2D eigenvalue weighted by molar-refractivity contribution is 5.81. The minimum atomic E-state index is -0.380. The zero-order valence-electron chi connectivity index (χ0n) is 13.2. The lowest BCUT2D eigenvalue weighted by Crippen LogP contribution is -2.46. The Morgan fingerprint density at radius 1 is 1.35 bits per heavy atom. The van der Waals surface area contributed by atoms with Gasteiger partial charge in [-0.05, 0) is 25.0 Å². The van der Waals surface area contributed by atoms with Gasteiger partial charge in [-0.3, -0.25) is 9.59 Å². The molecule has 0 bridgehead atoms. The van der Waals surface area contributed by atoms with Gasteiger partial charge < -0.3 is 19.1 Å². The van der Waals surface area contributed by atoms with Gasteiger partial charge in [0.15, 0.2) is 6.61 Å². The van der Waals surface area contributed by atoms with Crippen LogP contribution in [0.1, 0.15) is 12.5 Å². The summed E-state index contributed by atoms with van der Waals surface area (Å²) in [6.45, 7) is 3.59. The number of morpholine rings is 1. The molecule has 1 fully saturated rings. The van der Waals surface area contributed by atoms with Crippen molar-refractivity contribution in [3.63, 3.8) is 0 Å². The van der Waals surface area contributed by atoms with Gasteiger partial charge in [0.2, 0.25) is 0 Å². The second kappa shape index (κ2) is 7.00. The smallest absolute Gasteiger partial charge is 0.313 e. The first-order valence-corrected chi connectivity index (χ1v) is 7.90. The quantitative estimate of drug-likeness (QED) is 0.779. The Balaban J connectivity index is 1.49. The van der Waals surface area contributed by atoms with Crippen LogP contribution in [0.25, 0.3) is 0 Å². The van der Waals surface area contributed by atoms with Crippen LogP contribution in [0.4, 0.5) is 0 Å². The van der Waals surface area contributed by atoms with Crippen LogP contribution < -0.4 is 4.74 Å². The van der Waals surface area contributed by atoms with Gasteiger partial charge in [0, 0.05) is 13.1 Å². The summed E-state index contributed by atoms with van der Waals surface area (Å²) in [6.07, 6.45) is 0.601. The average Bonchev–Trinajstić information content (AvgIpc) is 2.59. The number of benzene rings is 1. The normalized spacial score (nSPS) is 23.6. The zero-order chi connectivity index (χ0) is 16.2. The SMILES string of the molecule is CC1CN(C(=O)COC(=O)C2COc3ccccc3C2)CCO1. The minimum Gasteiger partial charge on any atom is -0.492 e. The highest BCUT2D eigenvalue weighted by atomic mass is 16.5. The molecule has 124 valence electrons. The van der Waals surface area contributed by atoms with Crippen molar-refractivity contribution < 1.29 is 23.8 Å². The number of rotatable bonds is 3. The topological polar surface area (TPSA) is 65.1 Å². The lowest BCUT2D eigenvalue weighted by Gasteiger charge is -2.31. The Labute approximate surface area is 135 Å². The molecule has 0 spiro atoms. The van der Waals surface area contributed by atoms with E-state index in [1.165, 1.54) is 0 Å². The van der Waals surface area contributed by atoms with Gasteiger partial charge in [0.05, 0.1) is 18.6 Å². The molecule has 1 aromatic rings. The molecule has 2 aliphatic rings. The Kier molecular flexibility index (Phi) is 4.81. The van der Waals surface area contributed by atoms with Gasteiger partial charge in [-0.1, -0.05) is 18.2 Å². The first-order chi connectivity index (χ1) is 11.1. The Morgan fingerprint density at radius 2 is 2.17 bits per heavy atom. The van der Waals surface area contributed by atoms with Gasteiger partial charge in [0.1, 0.15) is 12.4 Å². The molecular formula is C17H21NO5. The third kappa shape index (κ3) is 3.82. The molecule has 2 unspecified atom stereocenters. The Bertz CT molecular complexity index is 588. The number of nitrogens with zero attached hydrogens (tertiary/aromatic N) is 1. The van der Waals surface area contributed by atoms with E-state index in [2.05, 4.69) is 0 Å². The summed E-state index contributed by atoms with van der Waals surface area (Å²) in [5.74, 6) is -0.101. The van der Waals surface area contributed by atoms with Crippen molar-refractivity contribution in [3.8, 4) is 5.75 Å². The lowest BCUT2D eigenvalue weighted by molar-refractivity contribution is -0.158. The minimum absolute atomic E-state index is 0.0200. The maximum atomic E-state index is 12.2. The molecule has 23 heavy (non-hydrogen) atoms. The molecule has 1 aromatic carbocycles. The number of carbonyl (C=O) groups excluding carboxylic acids is 2.